The molecule has 0 unspecified atom stereocenters. The zero-order valence-corrected chi connectivity index (χ0v) is 13.9. The SMILES string of the molecule is Cn1cc(NS(=O)(=O)c2ccc(N3CCCC3=O)cc2)ccc1=O. The van der Waals surface area contributed by atoms with Crippen LogP contribution in [0.3, 0.4) is 0 Å². The average Bonchev–Trinajstić information content (AvgIpc) is 2.97. The predicted octanol–water partition coefficient (Wildman–Crippen LogP) is 1.31. The van der Waals surface area contributed by atoms with E-state index in [1.54, 1.807) is 24.1 Å². The smallest absolute Gasteiger partial charge is 0.261 e. The lowest BCUT2D eigenvalue weighted by Gasteiger charge is -2.16. The Hall–Kier alpha value is -2.61. The van der Waals surface area contributed by atoms with Crippen LogP contribution >= 0.6 is 0 Å². The van der Waals surface area contributed by atoms with Crippen molar-refractivity contribution in [3.05, 3.63) is 52.9 Å². The Labute approximate surface area is 139 Å². The summed E-state index contributed by atoms with van der Waals surface area (Å²) in [6, 6.07) is 8.88. The number of aryl methyl sites for hydroxylation is 1. The minimum atomic E-state index is -3.77. The maximum atomic E-state index is 12.4. The van der Waals surface area contributed by atoms with E-state index in [0.29, 0.717) is 24.3 Å². The molecular formula is C16H17N3O4S. The van der Waals surface area contributed by atoms with Crippen LogP contribution in [-0.2, 0) is 21.9 Å². The summed E-state index contributed by atoms with van der Waals surface area (Å²) in [6.45, 7) is 0.654. The van der Waals surface area contributed by atoms with Crippen molar-refractivity contribution in [2.75, 3.05) is 16.2 Å². The molecule has 1 amide bonds. The van der Waals surface area contributed by atoms with E-state index >= 15 is 0 Å². The van der Waals surface area contributed by atoms with Crippen LogP contribution in [0.25, 0.3) is 0 Å². The van der Waals surface area contributed by atoms with Gasteiger partial charge in [-0.2, -0.15) is 0 Å². The number of pyridine rings is 1. The van der Waals surface area contributed by atoms with E-state index < -0.39 is 10.0 Å². The number of sulfonamides is 1. The Morgan fingerprint density at radius 1 is 1.04 bits per heavy atom. The summed E-state index contributed by atoms with van der Waals surface area (Å²) < 4.78 is 28.6. The van der Waals surface area contributed by atoms with E-state index in [-0.39, 0.29) is 16.4 Å². The van der Waals surface area contributed by atoms with Crippen molar-refractivity contribution in [3.8, 4) is 0 Å². The molecule has 3 rings (SSSR count). The molecule has 1 aliphatic heterocycles. The van der Waals surface area contributed by atoms with Gasteiger partial charge in [0.15, 0.2) is 0 Å². The van der Waals surface area contributed by atoms with Crippen molar-refractivity contribution in [1.29, 1.82) is 0 Å². The largest absolute Gasteiger partial charge is 0.316 e. The Kier molecular flexibility index (Phi) is 4.15. The third kappa shape index (κ3) is 3.18. The van der Waals surface area contributed by atoms with E-state index in [1.807, 2.05) is 0 Å². The molecule has 1 fully saturated rings. The van der Waals surface area contributed by atoms with E-state index in [0.717, 1.165) is 6.42 Å². The molecule has 8 heteroatoms. The van der Waals surface area contributed by atoms with E-state index in [9.17, 15) is 18.0 Å². The van der Waals surface area contributed by atoms with Gasteiger partial charge in [0.1, 0.15) is 0 Å². The van der Waals surface area contributed by atoms with Gasteiger partial charge in [-0.1, -0.05) is 0 Å². The summed E-state index contributed by atoms with van der Waals surface area (Å²) in [6.07, 6.45) is 2.75. The average molecular weight is 347 g/mol. The topological polar surface area (TPSA) is 88.5 Å². The second-order valence-corrected chi connectivity index (χ2v) is 7.30. The maximum Gasteiger partial charge on any atom is 0.261 e. The molecule has 0 bridgehead atoms. The van der Waals surface area contributed by atoms with Crippen molar-refractivity contribution < 1.29 is 13.2 Å². The van der Waals surface area contributed by atoms with Crippen molar-refractivity contribution in [2.45, 2.75) is 17.7 Å². The van der Waals surface area contributed by atoms with E-state index in [1.165, 1.54) is 35.0 Å². The van der Waals surface area contributed by atoms with Gasteiger partial charge in [0.2, 0.25) is 11.5 Å². The number of hydrogen-bond acceptors (Lipinski definition) is 4. The number of nitrogens with zero attached hydrogens (tertiary/aromatic N) is 2. The molecule has 2 aromatic rings. The Morgan fingerprint density at radius 3 is 2.33 bits per heavy atom. The van der Waals surface area contributed by atoms with Gasteiger partial charge < -0.3 is 9.47 Å². The Morgan fingerprint density at radius 2 is 1.75 bits per heavy atom. The molecule has 1 aromatic heterocycles. The van der Waals surface area contributed by atoms with Gasteiger partial charge in [-0.25, -0.2) is 8.42 Å². The molecule has 0 radical (unpaired) electrons. The number of benzene rings is 1. The fraction of sp³-hybridized carbons (Fsp3) is 0.250. The van der Waals surface area contributed by atoms with Gasteiger partial charge >= 0.3 is 0 Å². The van der Waals surface area contributed by atoms with E-state index in [4.69, 9.17) is 0 Å². The lowest BCUT2D eigenvalue weighted by atomic mass is 10.3. The molecule has 1 aliphatic rings. The first-order valence-electron chi connectivity index (χ1n) is 7.47. The van der Waals surface area contributed by atoms with Crippen molar-refractivity contribution in [2.24, 2.45) is 7.05 Å². The quantitative estimate of drug-likeness (QED) is 0.903. The molecular weight excluding hydrogens is 330 g/mol. The van der Waals surface area contributed by atoms with Gasteiger partial charge in [0.25, 0.3) is 10.0 Å². The number of aromatic nitrogens is 1. The van der Waals surface area contributed by atoms with Crippen LogP contribution in [0.1, 0.15) is 12.8 Å². The summed E-state index contributed by atoms with van der Waals surface area (Å²) in [5, 5.41) is 0. The van der Waals surface area contributed by atoms with Gasteiger partial charge in [0, 0.05) is 38.0 Å². The van der Waals surface area contributed by atoms with Crippen LogP contribution in [0.5, 0.6) is 0 Å². The third-order valence-corrected chi connectivity index (χ3v) is 5.27. The van der Waals surface area contributed by atoms with Crippen LogP contribution < -0.4 is 15.2 Å². The van der Waals surface area contributed by atoms with E-state index in [2.05, 4.69) is 4.72 Å². The van der Waals surface area contributed by atoms with Crippen LogP contribution in [0.4, 0.5) is 11.4 Å². The number of nitrogens with one attached hydrogen (secondary N) is 1. The van der Waals surface area contributed by atoms with Crippen molar-refractivity contribution in [3.63, 3.8) is 0 Å². The normalized spacial score (nSPS) is 14.9. The second kappa shape index (κ2) is 6.12. The van der Waals surface area contributed by atoms with Gasteiger partial charge in [-0.3, -0.25) is 14.3 Å². The molecule has 7 nitrogen and oxygen atoms in total. The Balaban J connectivity index is 1.83. The standard InChI is InChI=1S/C16H17N3O4S/c1-18-11-12(4-9-15(18)20)17-24(22,23)14-7-5-13(6-8-14)19-10-2-3-16(19)21/h4-9,11,17H,2-3,10H2,1H3. The minimum absolute atomic E-state index is 0.0499. The van der Waals surface area contributed by atoms with Crippen LogP contribution in [0.2, 0.25) is 0 Å². The highest BCUT2D eigenvalue weighted by atomic mass is 32.2. The first-order chi connectivity index (χ1) is 11.4. The first kappa shape index (κ1) is 16.3. The van der Waals surface area contributed by atoms with Crippen LogP contribution in [-0.4, -0.2) is 25.4 Å². The summed E-state index contributed by atoms with van der Waals surface area (Å²) in [4.78, 5) is 24.8. The summed E-state index contributed by atoms with van der Waals surface area (Å²) in [7, 11) is -2.22. The van der Waals surface area contributed by atoms with Gasteiger partial charge in [-0.15, -0.1) is 0 Å². The molecule has 0 aliphatic carbocycles. The van der Waals surface area contributed by atoms with Gasteiger partial charge in [-0.05, 0) is 36.8 Å². The molecule has 0 spiro atoms. The lowest BCUT2D eigenvalue weighted by Crippen LogP contribution is -2.23. The summed E-state index contributed by atoms with van der Waals surface area (Å²) in [5.74, 6) is 0.0499. The maximum absolute atomic E-state index is 12.4. The predicted molar refractivity (Wildman–Crippen MR) is 90.5 cm³/mol. The Bertz CT molecular complexity index is 933. The number of anilines is 2. The number of rotatable bonds is 4. The summed E-state index contributed by atoms with van der Waals surface area (Å²) >= 11 is 0. The summed E-state index contributed by atoms with van der Waals surface area (Å²) in [5.41, 5.74) is 0.770. The lowest BCUT2D eigenvalue weighted by molar-refractivity contribution is -0.117. The third-order valence-electron chi connectivity index (χ3n) is 3.87. The second-order valence-electron chi connectivity index (χ2n) is 5.62. The zero-order chi connectivity index (χ0) is 17.3. The van der Waals surface area contributed by atoms with Crippen LogP contribution in [0.15, 0.2) is 52.3 Å². The monoisotopic (exact) mass is 347 g/mol. The zero-order valence-electron chi connectivity index (χ0n) is 13.1. The van der Waals surface area contributed by atoms with Crippen molar-refractivity contribution >= 4 is 27.3 Å². The number of carbonyl (C=O) groups excluding carboxylic acids is 1. The molecule has 0 atom stereocenters. The van der Waals surface area contributed by atoms with Gasteiger partial charge in [0.05, 0.1) is 10.6 Å². The fourth-order valence-corrected chi connectivity index (χ4v) is 3.64. The molecule has 1 aromatic carbocycles. The number of hydrogen-bond donors (Lipinski definition) is 1. The molecule has 24 heavy (non-hydrogen) atoms. The first-order valence-corrected chi connectivity index (χ1v) is 8.95. The minimum Gasteiger partial charge on any atom is -0.316 e. The highest BCUT2D eigenvalue weighted by Gasteiger charge is 2.22. The molecule has 126 valence electrons. The molecule has 0 saturated carbocycles. The van der Waals surface area contributed by atoms with Crippen LogP contribution in [0, 0.1) is 0 Å². The number of carbonyl (C=O) groups is 1. The molecule has 1 saturated heterocycles. The highest BCUT2D eigenvalue weighted by molar-refractivity contribution is 7.92. The van der Waals surface area contributed by atoms with Crippen molar-refractivity contribution in [1.82, 2.24) is 4.57 Å². The number of amides is 1. The molecule has 2 heterocycles. The fourth-order valence-electron chi connectivity index (χ4n) is 2.59. The molecule has 1 N–H and O–H groups in total. The highest BCUT2D eigenvalue weighted by Crippen LogP contribution is 2.23.